The molecule has 104 valence electrons. The summed E-state index contributed by atoms with van der Waals surface area (Å²) in [6.07, 6.45) is 5.12. The first-order valence-corrected chi connectivity index (χ1v) is 7.71. The lowest BCUT2D eigenvalue weighted by Crippen LogP contribution is -2.57. The van der Waals surface area contributed by atoms with Gasteiger partial charge in [-0.2, -0.15) is 0 Å². The molecular formula is C15H21BrN2O. The van der Waals surface area contributed by atoms with Gasteiger partial charge in [0.05, 0.1) is 0 Å². The van der Waals surface area contributed by atoms with Crippen molar-refractivity contribution in [2.24, 2.45) is 11.7 Å². The standard InChI is InChI=1S/C15H21BrN2O/c1-2-11-6-3-4-9-15(11,14(17)19)18-13-8-5-7-12(16)10-13/h5,7-8,10-11,18H,2-4,6,9H2,1H3,(H2,17,19). The monoisotopic (exact) mass is 324 g/mol. The van der Waals surface area contributed by atoms with Gasteiger partial charge in [0.25, 0.3) is 0 Å². The zero-order valence-corrected chi connectivity index (χ0v) is 12.9. The minimum absolute atomic E-state index is 0.223. The summed E-state index contributed by atoms with van der Waals surface area (Å²) >= 11 is 3.46. The van der Waals surface area contributed by atoms with Crippen LogP contribution < -0.4 is 11.1 Å². The number of benzene rings is 1. The molecule has 1 aromatic rings. The topological polar surface area (TPSA) is 55.1 Å². The minimum Gasteiger partial charge on any atom is -0.371 e. The second kappa shape index (κ2) is 5.95. The van der Waals surface area contributed by atoms with E-state index < -0.39 is 5.54 Å². The molecule has 0 heterocycles. The summed E-state index contributed by atoms with van der Waals surface area (Å²) in [6.45, 7) is 2.14. The number of anilines is 1. The fourth-order valence-electron chi connectivity index (χ4n) is 3.17. The van der Waals surface area contributed by atoms with Crippen LogP contribution >= 0.6 is 15.9 Å². The van der Waals surface area contributed by atoms with Crippen LogP contribution in [0, 0.1) is 5.92 Å². The number of nitrogens with one attached hydrogen (secondary N) is 1. The average molecular weight is 325 g/mol. The second-order valence-corrected chi connectivity index (χ2v) is 6.24. The Morgan fingerprint density at radius 3 is 2.95 bits per heavy atom. The lowest BCUT2D eigenvalue weighted by Gasteiger charge is -2.42. The maximum absolute atomic E-state index is 12.1. The molecule has 2 rings (SSSR count). The van der Waals surface area contributed by atoms with E-state index in [-0.39, 0.29) is 5.91 Å². The number of halogens is 1. The van der Waals surface area contributed by atoms with Crippen molar-refractivity contribution in [2.45, 2.75) is 44.6 Å². The van der Waals surface area contributed by atoms with Gasteiger partial charge >= 0.3 is 0 Å². The number of carbonyl (C=O) groups is 1. The molecule has 1 aromatic carbocycles. The largest absolute Gasteiger partial charge is 0.371 e. The summed E-state index contributed by atoms with van der Waals surface area (Å²) in [6, 6.07) is 7.91. The SMILES string of the molecule is CCC1CCCCC1(Nc1cccc(Br)c1)C(N)=O. The van der Waals surface area contributed by atoms with Crippen molar-refractivity contribution in [1.29, 1.82) is 0 Å². The fourth-order valence-corrected chi connectivity index (χ4v) is 3.57. The molecule has 19 heavy (non-hydrogen) atoms. The summed E-state index contributed by atoms with van der Waals surface area (Å²) in [4.78, 5) is 12.1. The zero-order valence-electron chi connectivity index (χ0n) is 11.3. The highest BCUT2D eigenvalue weighted by Crippen LogP contribution is 2.38. The summed E-state index contributed by atoms with van der Waals surface area (Å²) in [5, 5.41) is 3.43. The van der Waals surface area contributed by atoms with Gasteiger partial charge in [0.1, 0.15) is 5.54 Å². The van der Waals surface area contributed by atoms with Crippen LogP contribution in [0.5, 0.6) is 0 Å². The molecule has 0 aromatic heterocycles. The minimum atomic E-state index is -0.589. The first kappa shape index (κ1) is 14.4. The van der Waals surface area contributed by atoms with Gasteiger partial charge in [-0.1, -0.05) is 48.2 Å². The molecule has 0 radical (unpaired) electrons. The van der Waals surface area contributed by atoms with Crippen molar-refractivity contribution in [3.63, 3.8) is 0 Å². The number of hydrogen-bond acceptors (Lipinski definition) is 2. The third kappa shape index (κ3) is 2.94. The molecule has 3 N–H and O–H groups in total. The molecule has 2 unspecified atom stereocenters. The van der Waals surface area contributed by atoms with E-state index in [9.17, 15) is 4.79 Å². The quantitative estimate of drug-likeness (QED) is 0.887. The Bertz CT molecular complexity index is 463. The zero-order chi connectivity index (χ0) is 13.9. The lowest BCUT2D eigenvalue weighted by atomic mass is 9.70. The molecule has 1 fully saturated rings. The molecule has 1 aliphatic carbocycles. The summed E-state index contributed by atoms with van der Waals surface area (Å²) in [5.41, 5.74) is 6.10. The summed E-state index contributed by atoms with van der Waals surface area (Å²) < 4.78 is 1.00. The normalized spacial score (nSPS) is 26.9. The molecule has 1 amide bonds. The Hall–Kier alpha value is -1.03. The Labute approximate surface area is 123 Å². The number of nitrogens with two attached hydrogens (primary N) is 1. The first-order valence-electron chi connectivity index (χ1n) is 6.92. The van der Waals surface area contributed by atoms with E-state index in [1.165, 1.54) is 6.42 Å². The third-order valence-corrected chi connectivity index (χ3v) is 4.69. The molecule has 2 atom stereocenters. The van der Waals surface area contributed by atoms with Gasteiger partial charge in [-0.15, -0.1) is 0 Å². The van der Waals surface area contributed by atoms with Crippen LogP contribution in [0.3, 0.4) is 0 Å². The van der Waals surface area contributed by atoms with Crippen LogP contribution in [0.4, 0.5) is 5.69 Å². The van der Waals surface area contributed by atoms with E-state index in [0.717, 1.165) is 35.8 Å². The Balaban J connectivity index is 2.31. The average Bonchev–Trinajstić information content (AvgIpc) is 2.39. The molecule has 4 heteroatoms. The summed E-state index contributed by atoms with van der Waals surface area (Å²) in [5.74, 6) is 0.0942. The summed E-state index contributed by atoms with van der Waals surface area (Å²) in [7, 11) is 0. The van der Waals surface area contributed by atoms with Crippen molar-refractivity contribution < 1.29 is 4.79 Å². The maximum atomic E-state index is 12.1. The van der Waals surface area contributed by atoms with Crippen molar-refractivity contribution in [1.82, 2.24) is 0 Å². The third-order valence-electron chi connectivity index (χ3n) is 4.20. The Kier molecular flexibility index (Phi) is 4.50. The van der Waals surface area contributed by atoms with Gasteiger partial charge in [0, 0.05) is 10.2 Å². The number of primary amides is 1. The Morgan fingerprint density at radius 1 is 1.53 bits per heavy atom. The van der Waals surface area contributed by atoms with Gasteiger partial charge in [0.2, 0.25) is 5.91 Å². The predicted octanol–water partition coefficient (Wildman–Crippen LogP) is 3.69. The molecule has 1 saturated carbocycles. The van der Waals surface area contributed by atoms with E-state index >= 15 is 0 Å². The molecule has 0 spiro atoms. The van der Waals surface area contributed by atoms with Crippen LogP contribution in [0.2, 0.25) is 0 Å². The molecule has 0 aliphatic heterocycles. The fraction of sp³-hybridized carbons (Fsp3) is 0.533. The number of carbonyl (C=O) groups excluding carboxylic acids is 1. The van der Waals surface area contributed by atoms with Crippen LogP contribution in [0.25, 0.3) is 0 Å². The van der Waals surface area contributed by atoms with Crippen LogP contribution in [0.1, 0.15) is 39.0 Å². The smallest absolute Gasteiger partial charge is 0.243 e. The van der Waals surface area contributed by atoms with Crippen molar-refractivity contribution in [3.05, 3.63) is 28.7 Å². The van der Waals surface area contributed by atoms with Gasteiger partial charge in [-0.3, -0.25) is 4.79 Å². The van der Waals surface area contributed by atoms with Gasteiger partial charge in [-0.05, 0) is 37.0 Å². The number of amides is 1. The maximum Gasteiger partial charge on any atom is 0.243 e. The van der Waals surface area contributed by atoms with Crippen LogP contribution in [0.15, 0.2) is 28.7 Å². The van der Waals surface area contributed by atoms with Gasteiger partial charge in [-0.25, -0.2) is 0 Å². The van der Waals surface area contributed by atoms with E-state index in [0.29, 0.717) is 5.92 Å². The highest BCUT2D eigenvalue weighted by molar-refractivity contribution is 9.10. The van der Waals surface area contributed by atoms with E-state index in [2.05, 4.69) is 28.2 Å². The predicted molar refractivity (Wildman–Crippen MR) is 81.9 cm³/mol. The van der Waals surface area contributed by atoms with Crippen LogP contribution in [-0.2, 0) is 4.79 Å². The Morgan fingerprint density at radius 2 is 2.32 bits per heavy atom. The van der Waals surface area contributed by atoms with E-state index in [1.54, 1.807) is 0 Å². The van der Waals surface area contributed by atoms with Crippen molar-refractivity contribution >= 4 is 27.5 Å². The van der Waals surface area contributed by atoms with Gasteiger partial charge < -0.3 is 11.1 Å². The number of hydrogen-bond donors (Lipinski definition) is 2. The molecule has 1 aliphatic rings. The lowest BCUT2D eigenvalue weighted by molar-refractivity contribution is -0.125. The second-order valence-electron chi connectivity index (χ2n) is 5.32. The molecule has 0 saturated heterocycles. The highest BCUT2D eigenvalue weighted by Gasteiger charge is 2.44. The van der Waals surface area contributed by atoms with Crippen molar-refractivity contribution in [2.75, 3.05) is 5.32 Å². The number of rotatable bonds is 4. The molecule has 3 nitrogen and oxygen atoms in total. The van der Waals surface area contributed by atoms with E-state index in [1.807, 2.05) is 24.3 Å². The first-order chi connectivity index (χ1) is 9.08. The van der Waals surface area contributed by atoms with E-state index in [4.69, 9.17) is 5.73 Å². The van der Waals surface area contributed by atoms with Crippen LogP contribution in [-0.4, -0.2) is 11.4 Å². The van der Waals surface area contributed by atoms with Crippen molar-refractivity contribution in [3.8, 4) is 0 Å². The molecule has 0 bridgehead atoms. The molecular weight excluding hydrogens is 304 g/mol. The van der Waals surface area contributed by atoms with Gasteiger partial charge in [0.15, 0.2) is 0 Å². The highest BCUT2D eigenvalue weighted by atomic mass is 79.9.